The van der Waals surface area contributed by atoms with Gasteiger partial charge in [0, 0.05) is 37.1 Å². The molecule has 0 aliphatic carbocycles. The third-order valence-corrected chi connectivity index (χ3v) is 4.81. The molecule has 1 aliphatic heterocycles. The Morgan fingerprint density at radius 1 is 1.35 bits per heavy atom. The third-order valence-electron chi connectivity index (χ3n) is 3.68. The quantitative estimate of drug-likeness (QED) is 0.685. The second-order valence-electron chi connectivity index (χ2n) is 5.53. The van der Waals surface area contributed by atoms with E-state index in [0.29, 0.717) is 18.4 Å². The van der Waals surface area contributed by atoms with Crippen LogP contribution in [0.15, 0.2) is 0 Å². The van der Waals surface area contributed by atoms with E-state index in [9.17, 15) is 4.79 Å². The molecule has 2 atom stereocenters. The molecule has 5 heteroatoms. The Balaban J connectivity index is 0.00000361. The van der Waals surface area contributed by atoms with Gasteiger partial charge in [0.15, 0.2) is 0 Å². The fraction of sp³-hybridized carbons (Fsp3) is 0.933. The Morgan fingerprint density at radius 3 is 2.75 bits per heavy atom. The highest BCUT2D eigenvalue weighted by Gasteiger charge is 2.17. The highest BCUT2D eigenvalue weighted by molar-refractivity contribution is 7.99. The molecule has 0 aromatic rings. The number of hydrogen-bond acceptors (Lipinski definition) is 3. The second-order valence-corrected chi connectivity index (χ2v) is 6.68. The summed E-state index contributed by atoms with van der Waals surface area (Å²) in [5.41, 5.74) is 0. The van der Waals surface area contributed by atoms with Gasteiger partial charge in [-0.25, -0.2) is 0 Å². The van der Waals surface area contributed by atoms with Crippen LogP contribution in [-0.4, -0.2) is 36.5 Å². The highest BCUT2D eigenvalue weighted by Crippen LogP contribution is 2.14. The van der Waals surface area contributed by atoms with E-state index in [4.69, 9.17) is 0 Å². The van der Waals surface area contributed by atoms with Crippen molar-refractivity contribution in [2.45, 2.75) is 58.4 Å². The van der Waals surface area contributed by atoms with E-state index in [1.54, 1.807) is 0 Å². The lowest BCUT2D eigenvalue weighted by Crippen LogP contribution is -2.42. The second kappa shape index (κ2) is 12.8. The van der Waals surface area contributed by atoms with E-state index in [1.807, 2.05) is 11.8 Å². The molecular formula is C15H31ClN2OS. The molecule has 120 valence electrons. The van der Waals surface area contributed by atoms with Gasteiger partial charge in [0.1, 0.15) is 0 Å². The molecule has 0 bridgehead atoms. The van der Waals surface area contributed by atoms with Gasteiger partial charge in [0.2, 0.25) is 5.91 Å². The fourth-order valence-corrected chi connectivity index (χ4v) is 3.50. The van der Waals surface area contributed by atoms with Gasteiger partial charge in [0.25, 0.3) is 0 Å². The van der Waals surface area contributed by atoms with Crippen LogP contribution in [0.25, 0.3) is 0 Å². The van der Waals surface area contributed by atoms with Crippen LogP contribution in [0, 0.1) is 5.92 Å². The third kappa shape index (κ3) is 9.09. The molecule has 2 N–H and O–H groups in total. The zero-order valence-corrected chi connectivity index (χ0v) is 14.6. The first-order valence-corrected chi connectivity index (χ1v) is 8.99. The average Bonchev–Trinajstić information content (AvgIpc) is 2.43. The molecule has 1 aliphatic rings. The van der Waals surface area contributed by atoms with Gasteiger partial charge < -0.3 is 10.6 Å². The minimum absolute atomic E-state index is 0. The standard InChI is InChI=1S/C15H30N2OS.ClH/c1-3-5-7-13(6-4-2)11-17-15(18)10-14-12-19-9-8-16-14;/h13-14,16H,3-12H2,1-2H3,(H,17,18);1H. The van der Waals surface area contributed by atoms with Gasteiger partial charge in [0.05, 0.1) is 0 Å². The number of thioether (sulfide) groups is 1. The largest absolute Gasteiger partial charge is 0.356 e. The molecule has 1 saturated heterocycles. The lowest BCUT2D eigenvalue weighted by molar-refractivity contribution is -0.121. The number of unbranched alkanes of at least 4 members (excludes halogenated alkanes) is 1. The number of nitrogens with one attached hydrogen (secondary N) is 2. The van der Waals surface area contributed by atoms with Crippen LogP contribution < -0.4 is 10.6 Å². The van der Waals surface area contributed by atoms with Crippen molar-refractivity contribution in [1.29, 1.82) is 0 Å². The molecule has 1 amide bonds. The molecule has 20 heavy (non-hydrogen) atoms. The molecule has 1 heterocycles. The predicted molar refractivity (Wildman–Crippen MR) is 91.9 cm³/mol. The summed E-state index contributed by atoms with van der Waals surface area (Å²) in [5, 5.41) is 6.55. The van der Waals surface area contributed by atoms with Gasteiger partial charge in [-0.2, -0.15) is 11.8 Å². The average molecular weight is 323 g/mol. The maximum Gasteiger partial charge on any atom is 0.221 e. The van der Waals surface area contributed by atoms with Gasteiger partial charge in [-0.3, -0.25) is 4.79 Å². The summed E-state index contributed by atoms with van der Waals surface area (Å²) in [6.45, 7) is 6.36. The van der Waals surface area contributed by atoms with Gasteiger partial charge in [-0.15, -0.1) is 12.4 Å². The normalized spacial score (nSPS) is 20.0. The lowest BCUT2D eigenvalue weighted by atomic mass is 9.97. The Hall–Kier alpha value is 0.0700. The monoisotopic (exact) mass is 322 g/mol. The van der Waals surface area contributed by atoms with E-state index >= 15 is 0 Å². The summed E-state index contributed by atoms with van der Waals surface area (Å²) >= 11 is 1.95. The molecule has 0 saturated carbocycles. The summed E-state index contributed by atoms with van der Waals surface area (Å²) in [6, 6.07) is 0.374. The molecule has 2 unspecified atom stereocenters. The van der Waals surface area contributed by atoms with Crippen LogP contribution in [0.5, 0.6) is 0 Å². The summed E-state index contributed by atoms with van der Waals surface area (Å²) in [7, 11) is 0. The highest BCUT2D eigenvalue weighted by atomic mass is 35.5. The van der Waals surface area contributed by atoms with Crippen LogP contribution in [0.2, 0.25) is 0 Å². The van der Waals surface area contributed by atoms with Crippen molar-refractivity contribution in [2.24, 2.45) is 5.92 Å². The molecule has 0 aromatic heterocycles. The molecule has 3 nitrogen and oxygen atoms in total. The van der Waals surface area contributed by atoms with E-state index in [-0.39, 0.29) is 18.3 Å². The van der Waals surface area contributed by atoms with Crippen molar-refractivity contribution in [3.63, 3.8) is 0 Å². The summed E-state index contributed by atoms with van der Waals surface area (Å²) in [4.78, 5) is 11.9. The number of rotatable bonds is 9. The van der Waals surface area contributed by atoms with Crippen LogP contribution in [0.4, 0.5) is 0 Å². The fourth-order valence-electron chi connectivity index (χ4n) is 2.55. The zero-order valence-electron chi connectivity index (χ0n) is 13.0. The van der Waals surface area contributed by atoms with Crippen LogP contribution >= 0.6 is 24.2 Å². The summed E-state index contributed by atoms with van der Waals surface area (Å²) < 4.78 is 0. The molecule has 1 rings (SSSR count). The number of halogens is 1. The van der Waals surface area contributed by atoms with E-state index in [2.05, 4.69) is 24.5 Å². The van der Waals surface area contributed by atoms with Crippen LogP contribution in [-0.2, 0) is 4.79 Å². The van der Waals surface area contributed by atoms with Gasteiger partial charge in [-0.1, -0.05) is 33.1 Å². The van der Waals surface area contributed by atoms with Crippen molar-refractivity contribution in [3.8, 4) is 0 Å². The SMILES string of the molecule is CCCCC(CCC)CNC(=O)CC1CSCCN1.Cl. The Morgan fingerprint density at radius 2 is 2.15 bits per heavy atom. The maximum atomic E-state index is 11.9. The maximum absolute atomic E-state index is 11.9. The van der Waals surface area contributed by atoms with Crippen LogP contribution in [0.1, 0.15) is 52.4 Å². The number of amides is 1. The Kier molecular flexibility index (Phi) is 12.8. The number of carbonyl (C=O) groups excluding carboxylic acids is 1. The van der Waals surface area contributed by atoms with E-state index in [0.717, 1.165) is 18.8 Å². The minimum atomic E-state index is 0. The number of carbonyl (C=O) groups is 1. The number of hydrogen-bond donors (Lipinski definition) is 2. The first-order valence-electron chi connectivity index (χ1n) is 7.84. The topological polar surface area (TPSA) is 41.1 Å². The smallest absolute Gasteiger partial charge is 0.221 e. The summed E-state index contributed by atoms with van der Waals surface area (Å²) in [6.07, 6.45) is 6.86. The summed E-state index contributed by atoms with van der Waals surface area (Å²) in [5.74, 6) is 3.13. The zero-order chi connectivity index (χ0) is 13.9. The first kappa shape index (κ1) is 20.1. The first-order chi connectivity index (χ1) is 9.26. The van der Waals surface area contributed by atoms with Crippen molar-refractivity contribution in [2.75, 3.05) is 24.6 Å². The van der Waals surface area contributed by atoms with Crippen molar-refractivity contribution in [1.82, 2.24) is 10.6 Å². The van der Waals surface area contributed by atoms with E-state index in [1.165, 1.54) is 37.9 Å². The minimum Gasteiger partial charge on any atom is -0.356 e. The lowest BCUT2D eigenvalue weighted by Gasteiger charge is -2.23. The molecular weight excluding hydrogens is 292 g/mol. The van der Waals surface area contributed by atoms with Crippen molar-refractivity contribution >= 4 is 30.1 Å². The van der Waals surface area contributed by atoms with E-state index < -0.39 is 0 Å². The van der Waals surface area contributed by atoms with Crippen molar-refractivity contribution < 1.29 is 4.79 Å². The van der Waals surface area contributed by atoms with Crippen LogP contribution in [0.3, 0.4) is 0 Å². The molecule has 0 spiro atoms. The molecule has 0 aromatic carbocycles. The predicted octanol–water partition coefficient (Wildman–Crippen LogP) is 3.23. The van der Waals surface area contributed by atoms with Gasteiger partial charge in [-0.05, 0) is 18.8 Å². The molecule has 0 radical (unpaired) electrons. The van der Waals surface area contributed by atoms with Crippen molar-refractivity contribution in [3.05, 3.63) is 0 Å². The Bertz CT molecular complexity index is 248. The van der Waals surface area contributed by atoms with Gasteiger partial charge >= 0.3 is 0 Å². The Labute approximate surface area is 134 Å². The molecule has 1 fully saturated rings.